The van der Waals surface area contributed by atoms with Gasteiger partial charge in [0.05, 0.1) is 11.1 Å². The van der Waals surface area contributed by atoms with Crippen molar-refractivity contribution in [3.05, 3.63) is 47.1 Å². The number of carbonyl (C=O) groups excluding carboxylic acids is 1. The van der Waals surface area contributed by atoms with Gasteiger partial charge in [0.2, 0.25) is 5.88 Å². The topological polar surface area (TPSA) is 97.8 Å². The first-order valence-corrected chi connectivity index (χ1v) is 8.35. The highest BCUT2D eigenvalue weighted by Gasteiger charge is 2.11. The third-order valence-corrected chi connectivity index (χ3v) is 3.73. The largest absolute Gasteiger partial charge is 0.480 e. The van der Waals surface area contributed by atoms with Crippen LogP contribution >= 0.6 is 11.6 Å². The number of aromatic nitrogens is 1. The van der Waals surface area contributed by atoms with Crippen LogP contribution in [0.15, 0.2) is 36.5 Å². The number of hydrogen-bond acceptors (Lipinski definition) is 5. The van der Waals surface area contributed by atoms with Crippen LogP contribution in [0.5, 0.6) is 11.6 Å². The highest BCUT2D eigenvalue weighted by atomic mass is 35.5. The number of ether oxygens (including phenoxy) is 2. The highest BCUT2D eigenvalue weighted by Crippen LogP contribution is 2.28. The van der Waals surface area contributed by atoms with Crippen molar-refractivity contribution in [3.63, 3.8) is 0 Å². The van der Waals surface area contributed by atoms with E-state index < -0.39 is 12.6 Å². The van der Waals surface area contributed by atoms with Crippen molar-refractivity contribution in [1.82, 2.24) is 4.98 Å². The maximum atomic E-state index is 12.4. The fourth-order valence-electron chi connectivity index (χ4n) is 1.94. The predicted octanol–water partition coefficient (Wildman–Crippen LogP) is 3.63. The fourth-order valence-corrected chi connectivity index (χ4v) is 2.18. The van der Waals surface area contributed by atoms with Crippen molar-refractivity contribution in [2.24, 2.45) is 0 Å². The number of amides is 1. The number of halogens is 1. The zero-order valence-corrected chi connectivity index (χ0v) is 15.1. The lowest BCUT2D eigenvalue weighted by molar-refractivity contribution is -0.139. The molecule has 2 N–H and O–H groups in total. The number of nitrogens with one attached hydrogen (secondary N) is 1. The Morgan fingerprint density at radius 3 is 2.73 bits per heavy atom. The molecule has 0 fully saturated rings. The summed E-state index contributed by atoms with van der Waals surface area (Å²) in [7, 11) is 0. The van der Waals surface area contributed by atoms with Crippen LogP contribution in [0.3, 0.4) is 0 Å². The second-order valence-electron chi connectivity index (χ2n) is 5.50. The first-order valence-electron chi connectivity index (χ1n) is 7.97. The van der Waals surface area contributed by atoms with Crippen molar-refractivity contribution in [2.75, 3.05) is 11.9 Å². The first kappa shape index (κ1) is 19.5. The minimum Gasteiger partial charge on any atom is -0.480 e. The Bertz CT molecular complexity index is 797. The highest BCUT2D eigenvalue weighted by molar-refractivity contribution is 6.32. The summed E-state index contributed by atoms with van der Waals surface area (Å²) in [5.74, 6) is -0.856. The van der Waals surface area contributed by atoms with Gasteiger partial charge in [-0.15, -0.1) is 0 Å². The maximum absolute atomic E-state index is 12.4. The molecule has 138 valence electrons. The second-order valence-corrected chi connectivity index (χ2v) is 5.91. The molecule has 1 aromatic heterocycles. The van der Waals surface area contributed by atoms with E-state index in [1.54, 1.807) is 18.2 Å². The average molecular weight is 379 g/mol. The van der Waals surface area contributed by atoms with E-state index in [9.17, 15) is 9.59 Å². The van der Waals surface area contributed by atoms with Crippen LogP contribution in [-0.2, 0) is 4.79 Å². The third-order valence-electron chi connectivity index (χ3n) is 3.43. The zero-order chi connectivity index (χ0) is 19.1. The minimum atomic E-state index is -1.11. The Hall–Kier alpha value is -2.80. The van der Waals surface area contributed by atoms with Gasteiger partial charge in [0, 0.05) is 23.5 Å². The minimum absolute atomic E-state index is 0.00188. The molecule has 2 aromatic rings. The lowest BCUT2D eigenvalue weighted by atomic mass is 10.2. The van der Waals surface area contributed by atoms with Crippen molar-refractivity contribution in [1.29, 1.82) is 0 Å². The Labute approximate surface area is 155 Å². The van der Waals surface area contributed by atoms with Gasteiger partial charge in [-0.3, -0.25) is 4.79 Å². The standard InChI is InChI=1S/C18H19ClN2O5/c1-3-11(2)26-16-8-12(6-7-20-16)18(24)21-13-4-5-15(14(19)9-13)25-10-17(22)23/h4-9,11H,3,10H2,1-2H3,(H,21,24)(H,22,23). The number of carboxylic acid groups (broad SMARTS) is 1. The van der Waals surface area contributed by atoms with Crippen molar-refractivity contribution >= 4 is 29.2 Å². The molecule has 1 atom stereocenters. The molecular weight excluding hydrogens is 360 g/mol. The molecule has 0 radical (unpaired) electrons. The number of aliphatic carboxylic acids is 1. The molecule has 0 aliphatic heterocycles. The van der Waals surface area contributed by atoms with Crippen LogP contribution in [0.25, 0.3) is 0 Å². The number of carbonyl (C=O) groups is 2. The molecule has 26 heavy (non-hydrogen) atoms. The molecule has 1 aromatic carbocycles. The molecule has 7 nitrogen and oxygen atoms in total. The molecule has 8 heteroatoms. The fraction of sp³-hybridized carbons (Fsp3) is 0.278. The normalized spacial score (nSPS) is 11.5. The van der Waals surface area contributed by atoms with E-state index in [0.29, 0.717) is 17.1 Å². The molecule has 1 amide bonds. The van der Waals surface area contributed by atoms with Gasteiger partial charge in [0.25, 0.3) is 5.91 Å². The molecule has 0 aliphatic rings. The molecule has 1 unspecified atom stereocenters. The number of pyridine rings is 1. The smallest absolute Gasteiger partial charge is 0.341 e. The van der Waals surface area contributed by atoms with E-state index >= 15 is 0 Å². The number of benzene rings is 1. The van der Waals surface area contributed by atoms with E-state index in [4.69, 9.17) is 26.2 Å². The Balaban J connectivity index is 2.06. The van der Waals surface area contributed by atoms with E-state index in [2.05, 4.69) is 10.3 Å². The summed E-state index contributed by atoms with van der Waals surface area (Å²) >= 11 is 6.04. The summed E-state index contributed by atoms with van der Waals surface area (Å²) in [6.07, 6.45) is 2.33. The van der Waals surface area contributed by atoms with Crippen LogP contribution in [0.2, 0.25) is 5.02 Å². The van der Waals surface area contributed by atoms with Crippen molar-refractivity contribution in [3.8, 4) is 11.6 Å². The van der Waals surface area contributed by atoms with E-state index in [-0.39, 0.29) is 22.8 Å². The number of carboxylic acids is 1. The van der Waals surface area contributed by atoms with Gasteiger partial charge in [-0.1, -0.05) is 18.5 Å². The van der Waals surface area contributed by atoms with Gasteiger partial charge in [0.15, 0.2) is 6.61 Å². The van der Waals surface area contributed by atoms with Gasteiger partial charge < -0.3 is 19.9 Å². The number of hydrogen-bond donors (Lipinski definition) is 2. The Morgan fingerprint density at radius 2 is 2.08 bits per heavy atom. The van der Waals surface area contributed by atoms with Gasteiger partial charge >= 0.3 is 5.97 Å². The molecule has 2 rings (SSSR count). The van der Waals surface area contributed by atoms with Crippen LogP contribution in [0.1, 0.15) is 30.6 Å². The number of rotatable bonds is 8. The number of anilines is 1. The van der Waals surface area contributed by atoms with Gasteiger partial charge in [0.1, 0.15) is 5.75 Å². The summed E-state index contributed by atoms with van der Waals surface area (Å²) in [5, 5.41) is 11.5. The molecule has 0 spiro atoms. The predicted molar refractivity (Wildman–Crippen MR) is 97.2 cm³/mol. The summed E-state index contributed by atoms with van der Waals surface area (Å²) in [6.45, 7) is 3.42. The van der Waals surface area contributed by atoms with E-state index in [1.807, 2.05) is 13.8 Å². The van der Waals surface area contributed by atoms with E-state index in [0.717, 1.165) is 6.42 Å². The Kier molecular flexibility index (Phi) is 6.80. The molecule has 0 saturated carbocycles. The summed E-state index contributed by atoms with van der Waals surface area (Å²) in [4.78, 5) is 27.0. The van der Waals surface area contributed by atoms with Crippen molar-refractivity contribution < 1.29 is 24.2 Å². The van der Waals surface area contributed by atoms with Crippen LogP contribution < -0.4 is 14.8 Å². The van der Waals surface area contributed by atoms with Crippen LogP contribution in [-0.4, -0.2) is 34.7 Å². The average Bonchev–Trinajstić information content (AvgIpc) is 2.61. The third kappa shape index (κ3) is 5.63. The van der Waals surface area contributed by atoms with Crippen LogP contribution in [0, 0.1) is 0 Å². The SMILES string of the molecule is CCC(C)Oc1cc(C(=O)Nc2ccc(OCC(=O)O)c(Cl)c2)ccn1. The van der Waals surface area contributed by atoms with Gasteiger partial charge in [-0.05, 0) is 37.6 Å². The zero-order valence-electron chi connectivity index (χ0n) is 14.4. The lowest BCUT2D eigenvalue weighted by Crippen LogP contribution is -2.14. The first-order chi connectivity index (χ1) is 12.4. The Morgan fingerprint density at radius 1 is 1.31 bits per heavy atom. The molecular formula is C18H19ClN2O5. The van der Waals surface area contributed by atoms with Crippen LogP contribution in [0.4, 0.5) is 5.69 Å². The van der Waals surface area contributed by atoms with Gasteiger partial charge in [-0.2, -0.15) is 0 Å². The molecule has 0 aliphatic carbocycles. The quantitative estimate of drug-likeness (QED) is 0.727. The molecule has 1 heterocycles. The van der Waals surface area contributed by atoms with Gasteiger partial charge in [-0.25, -0.2) is 9.78 Å². The second kappa shape index (κ2) is 9.05. The van der Waals surface area contributed by atoms with E-state index in [1.165, 1.54) is 18.3 Å². The number of nitrogens with zero attached hydrogens (tertiary/aromatic N) is 1. The molecule has 0 bridgehead atoms. The summed E-state index contributed by atoms with van der Waals surface area (Å²) in [6, 6.07) is 7.68. The molecule has 0 saturated heterocycles. The monoisotopic (exact) mass is 378 g/mol. The lowest BCUT2D eigenvalue weighted by Gasteiger charge is -2.12. The summed E-state index contributed by atoms with van der Waals surface area (Å²) in [5.41, 5.74) is 0.838. The summed E-state index contributed by atoms with van der Waals surface area (Å²) < 4.78 is 10.6. The maximum Gasteiger partial charge on any atom is 0.341 e. The van der Waals surface area contributed by atoms with Crippen molar-refractivity contribution in [2.45, 2.75) is 26.4 Å².